The highest BCUT2D eigenvalue weighted by atomic mass is 16.6. The third-order valence-corrected chi connectivity index (χ3v) is 5.83. The maximum atomic E-state index is 13.6. The number of nitrogens with zero attached hydrogens (tertiary/aromatic N) is 4. The number of amides is 1. The summed E-state index contributed by atoms with van der Waals surface area (Å²) in [6.45, 7) is -0.0772. The fraction of sp³-hybridized carbons (Fsp3) is 0.350. The first-order valence-corrected chi connectivity index (χ1v) is 8.78. The zero-order chi connectivity index (χ0) is 20.1. The average molecular weight is 374 g/mol. The van der Waals surface area contributed by atoms with Crippen LogP contribution in [0.3, 0.4) is 0 Å². The van der Waals surface area contributed by atoms with Gasteiger partial charge in [-0.15, -0.1) is 6.42 Å². The number of carbonyl (C=O) groups excluding carboxylic acids is 1. The maximum absolute atomic E-state index is 13.6. The van der Waals surface area contributed by atoms with Gasteiger partial charge in [0.15, 0.2) is 0 Å². The van der Waals surface area contributed by atoms with Gasteiger partial charge >= 0.3 is 0 Å². The van der Waals surface area contributed by atoms with Crippen LogP contribution in [0.5, 0.6) is 0 Å². The fourth-order valence-corrected chi connectivity index (χ4v) is 4.86. The number of rotatable bonds is 2. The van der Waals surface area contributed by atoms with E-state index in [9.17, 15) is 25.4 Å². The van der Waals surface area contributed by atoms with Crippen LogP contribution in [0.15, 0.2) is 29.5 Å². The molecule has 3 aliphatic rings. The molecule has 2 heterocycles. The van der Waals surface area contributed by atoms with E-state index in [4.69, 9.17) is 11.2 Å². The number of nitro groups is 1. The normalized spacial score (nSPS) is 27.5. The minimum Gasteiger partial charge on any atom is -0.461 e. The van der Waals surface area contributed by atoms with Crippen LogP contribution >= 0.6 is 0 Å². The van der Waals surface area contributed by atoms with E-state index < -0.39 is 22.3 Å². The van der Waals surface area contributed by atoms with E-state index >= 15 is 0 Å². The summed E-state index contributed by atoms with van der Waals surface area (Å²) in [6.07, 6.45) is 7.31. The van der Waals surface area contributed by atoms with Crippen molar-refractivity contribution in [1.29, 1.82) is 10.5 Å². The summed E-state index contributed by atoms with van der Waals surface area (Å²) in [5.74, 6) is 0.802. The SMILES string of the molecule is C#CCN1C(=O)C2(OC(C#N)=C(C#N)C3CCCC32)c2c1cccc2[N+](=O)[O-]. The summed E-state index contributed by atoms with van der Waals surface area (Å²) in [7, 11) is 0. The highest BCUT2D eigenvalue weighted by Gasteiger charge is 2.66. The summed E-state index contributed by atoms with van der Waals surface area (Å²) in [6, 6.07) is 8.30. The van der Waals surface area contributed by atoms with Crippen LogP contribution in [0, 0.1) is 57.0 Å². The van der Waals surface area contributed by atoms with Crippen molar-refractivity contribution in [3.63, 3.8) is 0 Å². The number of nitriles is 2. The van der Waals surface area contributed by atoms with Gasteiger partial charge < -0.3 is 4.74 Å². The van der Waals surface area contributed by atoms with Gasteiger partial charge in [0, 0.05) is 17.9 Å². The van der Waals surface area contributed by atoms with Crippen molar-refractivity contribution in [1.82, 2.24) is 0 Å². The lowest BCUT2D eigenvalue weighted by molar-refractivity contribution is -0.386. The van der Waals surface area contributed by atoms with E-state index in [2.05, 4.69) is 5.92 Å². The molecule has 0 radical (unpaired) electrons. The molecule has 4 rings (SSSR count). The Kier molecular flexibility index (Phi) is 3.84. The summed E-state index contributed by atoms with van der Waals surface area (Å²) in [5.41, 5.74) is -1.32. The predicted octanol–water partition coefficient (Wildman–Crippen LogP) is 2.52. The second-order valence-corrected chi connectivity index (χ2v) is 6.97. The van der Waals surface area contributed by atoms with E-state index in [1.165, 1.54) is 17.0 Å². The molecule has 3 unspecified atom stereocenters. The molecule has 3 atom stereocenters. The molecule has 8 heteroatoms. The fourth-order valence-electron chi connectivity index (χ4n) is 4.86. The van der Waals surface area contributed by atoms with E-state index in [0.717, 1.165) is 6.42 Å². The topological polar surface area (TPSA) is 120 Å². The quantitative estimate of drug-likeness (QED) is 0.445. The maximum Gasteiger partial charge on any atom is 0.279 e. The lowest BCUT2D eigenvalue weighted by atomic mass is 9.71. The van der Waals surface area contributed by atoms with Crippen molar-refractivity contribution in [3.05, 3.63) is 45.2 Å². The molecule has 1 spiro atoms. The Balaban J connectivity index is 2.06. The molecule has 0 aromatic heterocycles. The lowest BCUT2D eigenvalue weighted by Crippen LogP contribution is -2.51. The van der Waals surface area contributed by atoms with Gasteiger partial charge in [0.2, 0.25) is 11.4 Å². The average Bonchev–Trinajstić information content (AvgIpc) is 3.27. The Labute approximate surface area is 160 Å². The molecule has 1 aromatic carbocycles. The molecule has 1 amide bonds. The van der Waals surface area contributed by atoms with Crippen LogP contribution in [-0.2, 0) is 15.1 Å². The number of ether oxygens (including phenoxy) is 1. The minimum atomic E-state index is -1.72. The third kappa shape index (κ3) is 2.02. The summed E-state index contributed by atoms with van der Waals surface area (Å²) >= 11 is 0. The van der Waals surface area contributed by atoms with Crippen LogP contribution in [0.4, 0.5) is 11.4 Å². The van der Waals surface area contributed by atoms with Crippen LogP contribution in [0.1, 0.15) is 24.8 Å². The van der Waals surface area contributed by atoms with E-state index in [-0.39, 0.29) is 35.0 Å². The Hall–Kier alpha value is -3.83. The number of hydrogen-bond donors (Lipinski definition) is 0. The second-order valence-electron chi connectivity index (χ2n) is 6.97. The summed E-state index contributed by atoms with van der Waals surface area (Å²) in [4.78, 5) is 26.1. The Bertz CT molecular complexity index is 1070. The second kappa shape index (κ2) is 6.11. The minimum absolute atomic E-state index is 0.0772. The molecule has 138 valence electrons. The standard InChI is InChI=1S/C20H14N4O4/c1-2-9-23-15-7-4-8-16(24(26)27)18(15)20(19(23)25)14-6-3-5-12(14)13(10-21)17(11-22)28-20/h1,4,7-8,12,14H,3,5-6,9H2. The molecular formula is C20H14N4O4. The van der Waals surface area contributed by atoms with Gasteiger partial charge in [-0.2, -0.15) is 10.5 Å². The third-order valence-electron chi connectivity index (χ3n) is 5.83. The first kappa shape index (κ1) is 17.6. The summed E-state index contributed by atoms with van der Waals surface area (Å²) in [5, 5.41) is 30.9. The zero-order valence-electron chi connectivity index (χ0n) is 14.7. The van der Waals surface area contributed by atoms with Crippen LogP contribution < -0.4 is 4.90 Å². The summed E-state index contributed by atoms with van der Waals surface area (Å²) < 4.78 is 5.94. The van der Waals surface area contributed by atoms with Crippen molar-refractivity contribution in [3.8, 4) is 24.5 Å². The molecule has 0 N–H and O–H groups in total. The smallest absolute Gasteiger partial charge is 0.279 e. The number of anilines is 1. The van der Waals surface area contributed by atoms with Crippen LogP contribution in [0.2, 0.25) is 0 Å². The van der Waals surface area contributed by atoms with Gasteiger partial charge in [-0.05, 0) is 18.9 Å². The van der Waals surface area contributed by atoms with Crippen LogP contribution in [0.25, 0.3) is 0 Å². The van der Waals surface area contributed by atoms with E-state index in [1.807, 2.05) is 12.1 Å². The van der Waals surface area contributed by atoms with Gasteiger partial charge in [-0.3, -0.25) is 19.8 Å². The van der Waals surface area contributed by atoms with Gasteiger partial charge in [-0.25, -0.2) is 0 Å². The van der Waals surface area contributed by atoms with Crippen LogP contribution in [-0.4, -0.2) is 17.4 Å². The van der Waals surface area contributed by atoms with E-state index in [1.54, 1.807) is 6.07 Å². The van der Waals surface area contributed by atoms with Gasteiger partial charge in [0.05, 0.1) is 28.8 Å². The number of allylic oxidation sites excluding steroid dienone is 2. The molecule has 0 bridgehead atoms. The van der Waals surface area contributed by atoms with Crippen molar-refractivity contribution in [2.75, 3.05) is 11.4 Å². The Morgan fingerprint density at radius 3 is 2.79 bits per heavy atom. The van der Waals surface area contributed by atoms with Crippen molar-refractivity contribution in [2.45, 2.75) is 24.9 Å². The monoisotopic (exact) mass is 374 g/mol. The number of hydrogen-bond acceptors (Lipinski definition) is 6. The molecule has 0 saturated heterocycles. The molecule has 2 aliphatic heterocycles. The van der Waals surface area contributed by atoms with Gasteiger partial charge in [0.25, 0.3) is 11.6 Å². The molecular weight excluding hydrogens is 360 g/mol. The first-order valence-electron chi connectivity index (χ1n) is 8.78. The van der Waals surface area contributed by atoms with Crippen molar-refractivity contribution >= 4 is 17.3 Å². The lowest BCUT2D eigenvalue weighted by Gasteiger charge is -2.40. The molecule has 1 saturated carbocycles. The highest BCUT2D eigenvalue weighted by Crippen LogP contribution is 2.60. The number of benzene rings is 1. The predicted molar refractivity (Wildman–Crippen MR) is 96.1 cm³/mol. The zero-order valence-corrected chi connectivity index (χ0v) is 14.7. The van der Waals surface area contributed by atoms with E-state index in [0.29, 0.717) is 18.5 Å². The molecule has 1 aliphatic carbocycles. The van der Waals surface area contributed by atoms with Gasteiger partial charge in [0.1, 0.15) is 11.6 Å². The molecule has 1 fully saturated rings. The largest absolute Gasteiger partial charge is 0.461 e. The number of terminal acetylenes is 1. The molecule has 28 heavy (non-hydrogen) atoms. The Morgan fingerprint density at radius 2 is 2.14 bits per heavy atom. The van der Waals surface area contributed by atoms with Crippen molar-refractivity contribution in [2.24, 2.45) is 11.8 Å². The Morgan fingerprint density at radius 1 is 1.36 bits per heavy atom. The highest BCUT2D eigenvalue weighted by molar-refractivity contribution is 6.09. The first-order chi connectivity index (χ1) is 13.5. The van der Waals surface area contributed by atoms with Gasteiger partial charge in [-0.1, -0.05) is 18.4 Å². The van der Waals surface area contributed by atoms with Crippen molar-refractivity contribution < 1.29 is 14.5 Å². The number of nitro benzene ring substituents is 1. The number of carbonyl (C=O) groups is 1. The molecule has 1 aromatic rings. The molecule has 8 nitrogen and oxygen atoms in total. The number of fused-ring (bicyclic) bond motifs is 4.